The van der Waals surface area contributed by atoms with Gasteiger partial charge in [-0.25, -0.2) is 0 Å². The molecule has 5 rings (SSSR count). The molecule has 1 heterocycles. The molecule has 0 saturated carbocycles. The predicted octanol–water partition coefficient (Wildman–Crippen LogP) is 7.88. The largest absolute Gasteiger partial charge is 0.213 e. The van der Waals surface area contributed by atoms with E-state index in [0.29, 0.717) is 0 Å². The Bertz CT molecular complexity index is 1230. The molecule has 0 N–H and O–H groups in total. The number of rotatable bonds is 6. The van der Waals surface area contributed by atoms with Crippen LogP contribution >= 0.6 is 0 Å². The van der Waals surface area contributed by atoms with E-state index in [2.05, 4.69) is 127 Å². The van der Waals surface area contributed by atoms with Crippen LogP contribution in [0.15, 0.2) is 115 Å². The van der Waals surface area contributed by atoms with Gasteiger partial charge in [0.2, 0.25) is 11.4 Å². The summed E-state index contributed by atoms with van der Waals surface area (Å²) in [5.74, 6) is 0. The lowest BCUT2D eigenvalue weighted by molar-refractivity contribution is -0.675. The minimum Gasteiger partial charge on any atom is -0.191 e. The van der Waals surface area contributed by atoms with Crippen LogP contribution in [-0.4, -0.2) is 0 Å². The Morgan fingerprint density at radius 2 is 1.00 bits per heavy atom. The van der Waals surface area contributed by atoms with Gasteiger partial charge in [0.15, 0.2) is 0 Å². The molecule has 3 aromatic rings. The number of hydrogen-bond donors (Lipinski definition) is 0. The molecule has 0 fully saturated rings. The van der Waals surface area contributed by atoms with Crippen molar-refractivity contribution in [2.24, 2.45) is 0 Å². The fourth-order valence-electron chi connectivity index (χ4n) is 4.50. The van der Waals surface area contributed by atoms with Gasteiger partial charge in [-0.2, -0.15) is 4.57 Å². The fourth-order valence-corrected chi connectivity index (χ4v) is 4.50. The van der Waals surface area contributed by atoms with Gasteiger partial charge in [0.1, 0.15) is 6.54 Å². The second kappa shape index (κ2) is 9.20. The molecule has 1 heteroatoms. The van der Waals surface area contributed by atoms with E-state index in [1.165, 1.54) is 51.2 Å². The summed E-state index contributed by atoms with van der Waals surface area (Å²) in [4.78, 5) is 0. The van der Waals surface area contributed by atoms with Gasteiger partial charge in [0.05, 0.1) is 0 Å². The fraction of sp³-hybridized carbons (Fsp3) is 0.129. The molecule has 2 aromatic carbocycles. The lowest BCUT2D eigenvalue weighted by Gasteiger charge is -2.13. The highest BCUT2D eigenvalue weighted by molar-refractivity contribution is 5.88. The van der Waals surface area contributed by atoms with Crippen LogP contribution in [0.5, 0.6) is 0 Å². The average Bonchev–Trinajstić information content (AvgIpc) is 3.11. The van der Waals surface area contributed by atoms with E-state index in [4.69, 9.17) is 0 Å². The molecule has 32 heavy (non-hydrogen) atoms. The number of hydrogen-bond acceptors (Lipinski definition) is 0. The third-order valence-electron chi connectivity index (χ3n) is 6.14. The number of unbranched alkanes of at least 4 members (excludes halogenated alkanes) is 1. The molecule has 0 spiro atoms. The molecule has 2 aliphatic carbocycles. The first kappa shape index (κ1) is 20.2. The minimum atomic E-state index is 1.00. The first-order chi connectivity index (χ1) is 15.8. The third kappa shape index (κ3) is 3.94. The molecule has 0 aliphatic heterocycles. The Balaban J connectivity index is 1.79. The number of aromatic nitrogens is 1. The highest BCUT2D eigenvalue weighted by Gasteiger charge is 2.23. The maximum Gasteiger partial charge on any atom is 0.213 e. The van der Waals surface area contributed by atoms with E-state index >= 15 is 0 Å². The molecule has 0 unspecified atom stereocenters. The van der Waals surface area contributed by atoms with Gasteiger partial charge in [0.25, 0.3) is 0 Å². The van der Waals surface area contributed by atoms with Gasteiger partial charge in [-0.1, -0.05) is 92.2 Å². The second-order valence-corrected chi connectivity index (χ2v) is 8.28. The van der Waals surface area contributed by atoms with Crippen molar-refractivity contribution in [3.8, 4) is 44.8 Å². The van der Waals surface area contributed by atoms with Crippen molar-refractivity contribution in [1.29, 1.82) is 0 Å². The summed E-state index contributed by atoms with van der Waals surface area (Å²) in [7, 11) is 0. The van der Waals surface area contributed by atoms with Crippen molar-refractivity contribution >= 4 is 0 Å². The van der Waals surface area contributed by atoms with Crippen LogP contribution in [0, 0.1) is 0 Å². The van der Waals surface area contributed by atoms with Gasteiger partial charge in [-0.05, 0) is 46.5 Å². The van der Waals surface area contributed by atoms with Crippen molar-refractivity contribution in [2.45, 2.75) is 26.3 Å². The zero-order chi connectivity index (χ0) is 21.8. The predicted molar refractivity (Wildman–Crippen MR) is 134 cm³/mol. The molecule has 0 radical (unpaired) electrons. The SMILES string of the molecule is CCCC[n+]1c(-c2ccccc2)cc(-c2ccc3cccccc2-3)cc1-c1ccccc1. The van der Waals surface area contributed by atoms with E-state index < -0.39 is 0 Å². The summed E-state index contributed by atoms with van der Waals surface area (Å²) in [6, 6.07) is 41.6. The van der Waals surface area contributed by atoms with E-state index in [0.717, 1.165) is 13.0 Å². The van der Waals surface area contributed by atoms with Crippen LogP contribution in [0.2, 0.25) is 0 Å². The minimum absolute atomic E-state index is 1.00. The highest BCUT2D eigenvalue weighted by Crippen LogP contribution is 2.37. The van der Waals surface area contributed by atoms with E-state index in [9.17, 15) is 0 Å². The molecule has 0 atom stereocenters. The molecular weight excluding hydrogens is 386 g/mol. The summed E-state index contributed by atoms with van der Waals surface area (Å²) >= 11 is 0. The Kier molecular flexibility index (Phi) is 5.81. The molecule has 0 bridgehead atoms. The second-order valence-electron chi connectivity index (χ2n) is 8.28. The zero-order valence-corrected chi connectivity index (χ0v) is 18.5. The maximum atomic E-state index is 2.50. The first-order valence-corrected chi connectivity index (χ1v) is 11.5. The molecule has 156 valence electrons. The summed E-state index contributed by atoms with van der Waals surface area (Å²) in [5.41, 5.74) is 10.2. The van der Waals surface area contributed by atoms with Crippen LogP contribution in [0.25, 0.3) is 44.8 Å². The number of pyridine rings is 1. The van der Waals surface area contributed by atoms with Gasteiger partial charge in [-0.3, -0.25) is 0 Å². The standard InChI is InChI=1S/C31H28N/c1-2-3-21-32-30(25-14-8-4-9-15-25)22-27(23-31(32)26-16-10-5-11-17-26)29-20-19-24-13-7-6-12-18-28(24)29/h4-20,22-23H,2-3,21H2,1H3/q+1. The summed E-state index contributed by atoms with van der Waals surface area (Å²) < 4.78 is 2.50. The number of fused-ring (bicyclic) bond motifs is 1. The van der Waals surface area contributed by atoms with Crippen molar-refractivity contribution in [3.63, 3.8) is 0 Å². The van der Waals surface area contributed by atoms with Gasteiger partial charge >= 0.3 is 0 Å². The normalized spacial score (nSPS) is 11.0. The first-order valence-electron chi connectivity index (χ1n) is 11.5. The Morgan fingerprint density at radius 3 is 1.56 bits per heavy atom. The number of benzene rings is 2. The smallest absolute Gasteiger partial charge is 0.191 e. The van der Waals surface area contributed by atoms with Crippen molar-refractivity contribution < 1.29 is 4.57 Å². The van der Waals surface area contributed by atoms with Crippen LogP contribution in [-0.2, 0) is 6.54 Å². The molecular formula is C31H28N+. The maximum absolute atomic E-state index is 2.50. The van der Waals surface area contributed by atoms with Gasteiger partial charge < -0.3 is 0 Å². The Labute approximate surface area is 191 Å². The summed E-state index contributed by atoms with van der Waals surface area (Å²) in [6.07, 6.45) is 2.32. The molecule has 0 saturated heterocycles. The lowest BCUT2D eigenvalue weighted by Crippen LogP contribution is -2.39. The number of nitrogens with zero attached hydrogens (tertiary/aromatic N) is 1. The van der Waals surface area contributed by atoms with Crippen molar-refractivity contribution in [1.82, 2.24) is 0 Å². The van der Waals surface area contributed by atoms with E-state index in [-0.39, 0.29) is 0 Å². The topological polar surface area (TPSA) is 3.88 Å². The van der Waals surface area contributed by atoms with E-state index in [1.54, 1.807) is 0 Å². The Hall–Kier alpha value is -3.71. The zero-order valence-electron chi connectivity index (χ0n) is 18.5. The van der Waals surface area contributed by atoms with Gasteiger partial charge in [0, 0.05) is 29.7 Å². The molecule has 0 amide bonds. The van der Waals surface area contributed by atoms with Gasteiger partial charge in [-0.15, -0.1) is 0 Å². The quantitative estimate of drug-likeness (QED) is 0.249. The monoisotopic (exact) mass is 414 g/mol. The highest BCUT2D eigenvalue weighted by atomic mass is 15.0. The lowest BCUT2D eigenvalue weighted by atomic mass is 9.97. The van der Waals surface area contributed by atoms with Crippen molar-refractivity contribution in [2.75, 3.05) is 0 Å². The van der Waals surface area contributed by atoms with Crippen molar-refractivity contribution in [3.05, 3.63) is 115 Å². The van der Waals surface area contributed by atoms with Crippen LogP contribution < -0.4 is 4.57 Å². The Morgan fingerprint density at radius 1 is 0.500 bits per heavy atom. The molecule has 2 aliphatic rings. The third-order valence-corrected chi connectivity index (χ3v) is 6.14. The summed E-state index contributed by atoms with van der Waals surface area (Å²) in [5, 5.41) is 0. The average molecular weight is 415 g/mol. The van der Waals surface area contributed by atoms with Crippen LogP contribution in [0.4, 0.5) is 0 Å². The molecule has 1 nitrogen and oxygen atoms in total. The van der Waals surface area contributed by atoms with E-state index in [1.807, 2.05) is 0 Å². The van der Waals surface area contributed by atoms with Crippen LogP contribution in [0.3, 0.4) is 0 Å². The molecule has 1 aromatic heterocycles. The van der Waals surface area contributed by atoms with Crippen LogP contribution in [0.1, 0.15) is 19.8 Å². The summed E-state index contributed by atoms with van der Waals surface area (Å²) in [6.45, 7) is 3.26.